The lowest BCUT2D eigenvalue weighted by Crippen LogP contribution is -2.56. The quantitative estimate of drug-likeness (QED) is 0.206. The standard InChI is InChI=1S/C30H32N6O8/c1-18-13-19(2)15-22(14-18)32-30(41)35-12-11-34(29(40)31-21-7-9-24(44-3)10-8-21)28(35)27(39)33-25(17-26(37)38)20-5-4-6-23(16-20)36(42)43/h4-10,13-16,25,28H,11-12,17H2,1-3H3,(H,31,40)(H,32,41)(H,33,39)(H,37,38). The van der Waals surface area contributed by atoms with Crippen LogP contribution in [0.1, 0.15) is 29.2 Å². The molecule has 1 aliphatic rings. The van der Waals surface area contributed by atoms with Crippen LogP contribution in [0.2, 0.25) is 0 Å². The van der Waals surface area contributed by atoms with E-state index in [1.807, 2.05) is 19.9 Å². The van der Waals surface area contributed by atoms with E-state index in [2.05, 4.69) is 16.0 Å². The number of nitrogens with one attached hydrogen (secondary N) is 3. The van der Waals surface area contributed by atoms with Crippen molar-refractivity contribution in [2.45, 2.75) is 32.5 Å². The average Bonchev–Trinajstić information content (AvgIpc) is 3.42. The van der Waals surface area contributed by atoms with Crippen molar-refractivity contribution in [1.29, 1.82) is 0 Å². The second kappa shape index (κ2) is 13.5. The van der Waals surface area contributed by atoms with Crippen LogP contribution in [0.15, 0.2) is 66.7 Å². The minimum Gasteiger partial charge on any atom is -0.497 e. The van der Waals surface area contributed by atoms with E-state index in [0.29, 0.717) is 17.1 Å². The molecule has 0 saturated carbocycles. The Labute approximate surface area is 252 Å². The topological polar surface area (TPSA) is 183 Å². The number of nitro groups is 1. The molecule has 0 spiro atoms. The monoisotopic (exact) mass is 604 g/mol. The maximum absolute atomic E-state index is 13.9. The number of aryl methyl sites for hydroxylation is 2. The molecule has 3 aromatic rings. The van der Waals surface area contributed by atoms with Crippen LogP contribution in [-0.4, -0.2) is 70.1 Å². The molecule has 14 heteroatoms. The van der Waals surface area contributed by atoms with E-state index in [1.54, 1.807) is 36.4 Å². The van der Waals surface area contributed by atoms with Crippen molar-refractivity contribution < 1.29 is 33.9 Å². The number of amides is 5. The number of methoxy groups -OCH3 is 1. The van der Waals surface area contributed by atoms with Crippen molar-refractivity contribution in [1.82, 2.24) is 15.1 Å². The third kappa shape index (κ3) is 7.59. The smallest absolute Gasteiger partial charge is 0.323 e. The van der Waals surface area contributed by atoms with Gasteiger partial charge in [-0.1, -0.05) is 18.2 Å². The lowest BCUT2D eigenvalue weighted by atomic mass is 10.0. The number of carboxylic acid groups (broad SMARTS) is 1. The molecule has 4 rings (SSSR count). The maximum atomic E-state index is 13.9. The van der Waals surface area contributed by atoms with Crippen LogP contribution in [0, 0.1) is 24.0 Å². The largest absolute Gasteiger partial charge is 0.497 e. The third-order valence-corrected chi connectivity index (χ3v) is 6.92. The van der Waals surface area contributed by atoms with Crippen LogP contribution in [0.25, 0.3) is 0 Å². The Hall–Kier alpha value is -5.66. The Bertz CT molecular complexity index is 1560. The molecule has 5 amide bonds. The molecule has 1 saturated heterocycles. The first-order valence-corrected chi connectivity index (χ1v) is 13.6. The van der Waals surface area contributed by atoms with E-state index in [-0.39, 0.29) is 24.3 Å². The van der Waals surface area contributed by atoms with Gasteiger partial charge in [0.15, 0.2) is 6.17 Å². The molecule has 0 aliphatic carbocycles. The Kier molecular flexibility index (Phi) is 9.63. The summed E-state index contributed by atoms with van der Waals surface area (Å²) in [4.78, 5) is 65.5. The van der Waals surface area contributed by atoms with E-state index in [4.69, 9.17) is 4.74 Å². The highest BCUT2D eigenvalue weighted by molar-refractivity contribution is 5.98. The highest BCUT2D eigenvalue weighted by Crippen LogP contribution is 2.25. The zero-order valence-electron chi connectivity index (χ0n) is 24.3. The van der Waals surface area contributed by atoms with Gasteiger partial charge in [-0.15, -0.1) is 0 Å². The van der Waals surface area contributed by atoms with E-state index in [9.17, 15) is 34.4 Å². The Morgan fingerprint density at radius 2 is 1.52 bits per heavy atom. The molecule has 1 fully saturated rings. The molecule has 230 valence electrons. The molecule has 1 heterocycles. The van der Waals surface area contributed by atoms with E-state index < -0.39 is 47.5 Å². The van der Waals surface area contributed by atoms with Gasteiger partial charge in [-0.2, -0.15) is 0 Å². The number of ether oxygens (including phenoxy) is 1. The number of carbonyl (C=O) groups is 4. The van der Waals surface area contributed by atoms with Crippen molar-refractivity contribution in [2.75, 3.05) is 30.8 Å². The van der Waals surface area contributed by atoms with E-state index >= 15 is 0 Å². The molecule has 1 aliphatic heterocycles. The zero-order chi connectivity index (χ0) is 32.0. The van der Waals surface area contributed by atoms with Gasteiger partial charge in [0.05, 0.1) is 24.5 Å². The summed E-state index contributed by atoms with van der Waals surface area (Å²) in [6, 6.07) is 14.7. The number of rotatable bonds is 9. The van der Waals surface area contributed by atoms with Crippen molar-refractivity contribution in [3.05, 3.63) is 93.5 Å². The number of non-ortho nitro benzene ring substituents is 1. The number of carboxylic acids is 1. The van der Waals surface area contributed by atoms with Gasteiger partial charge in [-0.3, -0.25) is 29.5 Å². The summed E-state index contributed by atoms with van der Waals surface area (Å²) in [5, 5.41) is 29.0. The molecular weight excluding hydrogens is 572 g/mol. The number of nitrogens with zero attached hydrogens (tertiary/aromatic N) is 3. The van der Waals surface area contributed by atoms with Crippen molar-refractivity contribution in [3.8, 4) is 5.75 Å². The number of aliphatic carboxylic acids is 1. The fraction of sp³-hybridized carbons (Fsp3) is 0.267. The second-order valence-corrected chi connectivity index (χ2v) is 10.2. The lowest BCUT2D eigenvalue weighted by molar-refractivity contribution is -0.384. The van der Waals surface area contributed by atoms with Crippen LogP contribution in [0.4, 0.5) is 26.7 Å². The molecule has 4 N–H and O–H groups in total. The lowest BCUT2D eigenvalue weighted by Gasteiger charge is -2.31. The number of anilines is 2. The number of hydrogen-bond donors (Lipinski definition) is 4. The first-order valence-electron chi connectivity index (χ1n) is 13.6. The summed E-state index contributed by atoms with van der Waals surface area (Å²) in [5.74, 6) is -1.55. The highest BCUT2D eigenvalue weighted by atomic mass is 16.6. The predicted octanol–water partition coefficient (Wildman–Crippen LogP) is 4.26. The number of carbonyl (C=O) groups excluding carboxylic acids is 3. The normalized spacial score (nSPS) is 14.8. The summed E-state index contributed by atoms with van der Waals surface area (Å²) in [5.41, 5.74) is 2.60. The Morgan fingerprint density at radius 3 is 2.07 bits per heavy atom. The van der Waals surface area contributed by atoms with Gasteiger partial charge in [0.25, 0.3) is 11.6 Å². The van der Waals surface area contributed by atoms with E-state index in [1.165, 1.54) is 36.3 Å². The van der Waals surface area contributed by atoms with Gasteiger partial charge < -0.3 is 25.8 Å². The average molecular weight is 605 g/mol. The minimum atomic E-state index is -1.48. The minimum absolute atomic E-state index is 0.00877. The molecule has 0 bridgehead atoms. The number of urea groups is 2. The Balaban J connectivity index is 1.64. The van der Waals surface area contributed by atoms with Crippen LogP contribution in [0.5, 0.6) is 5.75 Å². The Morgan fingerprint density at radius 1 is 0.932 bits per heavy atom. The fourth-order valence-corrected chi connectivity index (χ4v) is 4.98. The van der Waals surface area contributed by atoms with Crippen molar-refractivity contribution >= 4 is 41.0 Å². The van der Waals surface area contributed by atoms with Crippen molar-refractivity contribution in [3.63, 3.8) is 0 Å². The van der Waals surface area contributed by atoms with Gasteiger partial charge in [0, 0.05) is 36.6 Å². The molecule has 14 nitrogen and oxygen atoms in total. The maximum Gasteiger partial charge on any atom is 0.323 e. The summed E-state index contributed by atoms with van der Waals surface area (Å²) >= 11 is 0. The molecule has 3 aromatic carbocycles. The molecule has 2 unspecified atom stereocenters. The van der Waals surface area contributed by atoms with Gasteiger partial charge in [-0.05, 0) is 66.9 Å². The number of benzene rings is 3. The fourth-order valence-electron chi connectivity index (χ4n) is 4.98. The van der Waals surface area contributed by atoms with Gasteiger partial charge in [0.1, 0.15) is 5.75 Å². The highest BCUT2D eigenvalue weighted by Gasteiger charge is 2.43. The van der Waals surface area contributed by atoms with Gasteiger partial charge in [0.2, 0.25) is 0 Å². The summed E-state index contributed by atoms with van der Waals surface area (Å²) in [7, 11) is 1.50. The summed E-state index contributed by atoms with van der Waals surface area (Å²) in [6.07, 6.45) is -2.08. The first-order chi connectivity index (χ1) is 20.9. The van der Waals surface area contributed by atoms with Crippen LogP contribution < -0.4 is 20.7 Å². The first kappa shape index (κ1) is 31.3. The molecule has 44 heavy (non-hydrogen) atoms. The van der Waals surface area contributed by atoms with Crippen LogP contribution in [-0.2, 0) is 9.59 Å². The van der Waals surface area contributed by atoms with Crippen LogP contribution in [0.3, 0.4) is 0 Å². The molecule has 0 aromatic heterocycles. The zero-order valence-corrected chi connectivity index (χ0v) is 24.3. The second-order valence-electron chi connectivity index (χ2n) is 10.2. The summed E-state index contributed by atoms with van der Waals surface area (Å²) in [6.45, 7) is 3.72. The number of nitro benzene ring substituents is 1. The van der Waals surface area contributed by atoms with Crippen molar-refractivity contribution in [2.24, 2.45) is 0 Å². The third-order valence-electron chi connectivity index (χ3n) is 6.92. The summed E-state index contributed by atoms with van der Waals surface area (Å²) < 4.78 is 5.14. The number of hydrogen-bond acceptors (Lipinski definition) is 7. The molecule has 2 atom stereocenters. The van der Waals surface area contributed by atoms with Gasteiger partial charge in [-0.25, -0.2) is 9.59 Å². The van der Waals surface area contributed by atoms with Gasteiger partial charge >= 0.3 is 18.0 Å². The predicted molar refractivity (Wildman–Crippen MR) is 160 cm³/mol. The van der Waals surface area contributed by atoms with E-state index in [0.717, 1.165) is 16.0 Å². The molecule has 0 radical (unpaired) electrons. The van der Waals surface area contributed by atoms with Crippen LogP contribution >= 0.6 is 0 Å². The SMILES string of the molecule is COc1ccc(NC(=O)N2CCN(C(=O)Nc3cc(C)cc(C)c3)C2C(=O)NC(CC(=O)O)c2cccc([N+](=O)[O-])c2)cc1. The molecular formula is C30H32N6O8.